The van der Waals surface area contributed by atoms with Gasteiger partial charge in [0.2, 0.25) is 0 Å². The molecule has 2 aromatic rings. The lowest BCUT2D eigenvalue weighted by Crippen LogP contribution is -2.07. The van der Waals surface area contributed by atoms with Crippen molar-refractivity contribution in [1.82, 2.24) is 0 Å². The van der Waals surface area contributed by atoms with Crippen LogP contribution in [0.2, 0.25) is 0 Å². The number of nitrogens with zero attached hydrogens (tertiary/aromatic N) is 1. The second-order valence-electron chi connectivity index (χ2n) is 4.76. The third kappa shape index (κ3) is 3.86. The molecule has 0 amide bonds. The second kappa shape index (κ2) is 6.61. The van der Waals surface area contributed by atoms with Gasteiger partial charge < -0.3 is 14.7 Å². The molecule has 0 bridgehead atoms. The van der Waals surface area contributed by atoms with E-state index in [2.05, 4.69) is 0 Å². The summed E-state index contributed by atoms with van der Waals surface area (Å²) in [4.78, 5) is 12.4. The number of carbonyl (C=O) groups is 1. The number of benzene rings is 2. The Hall–Kier alpha value is -2.75. The van der Waals surface area contributed by atoms with Crippen molar-refractivity contribution in [2.24, 2.45) is 0 Å². The van der Waals surface area contributed by atoms with Crippen molar-refractivity contribution in [2.45, 2.75) is 0 Å². The number of ether oxygens (including phenoxy) is 1. The zero-order valence-electron chi connectivity index (χ0n) is 12.0. The molecular weight excluding hydrogens is 266 g/mol. The number of aromatic hydroxyl groups is 1. The molecule has 0 spiro atoms. The highest BCUT2D eigenvalue weighted by molar-refractivity contribution is 5.72. The molecule has 0 fully saturated rings. The van der Waals surface area contributed by atoms with Crippen LogP contribution in [0.1, 0.15) is 11.1 Å². The van der Waals surface area contributed by atoms with Gasteiger partial charge in [0, 0.05) is 19.8 Å². The van der Waals surface area contributed by atoms with Crippen molar-refractivity contribution in [1.29, 1.82) is 0 Å². The molecular formula is C17H17NO3. The number of hydrogen-bond acceptors (Lipinski definition) is 4. The summed E-state index contributed by atoms with van der Waals surface area (Å²) in [5.74, 6) is 0.0877. The summed E-state index contributed by atoms with van der Waals surface area (Å²) in [5.41, 5.74) is 3.03. The standard InChI is InChI=1S/C17H17NO3/c1-18(2)15-8-5-13(6-9-15)3-4-14-7-10-16(20)17(11-14)21-12-19/h3-12,20H,1-2H3/b4-3+. The lowest BCUT2D eigenvalue weighted by atomic mass is 10.1. The highest BCUT2D eigenvalue weighted by atomic mass is 16.5. The first-order chi connectivity index (χ1) is 10.1. The van der Waals surface area contributed by atoms with Crippen LogP contribution in [0.5, 0.6) is 11.5 Å². The Kier molecular flexibility index (Phi) is 4.61. The van der Waals surface area contributed by atoms with E-state index in [0.717, 1.165) is 16.8 Å². The summed E-state index contributed by atoms with van der Waals surface area (Å²) in [6, 6.07) is 13.0. The van der Waals surface area contributed by atoms with Crippen LogP contribution in [0, 0.1) is 0 Å². The lowest BCUT2D eigenvalue weighted by molar-refractivity contribution is -0.120. The number of rotatable bonds is 5. The van der Waals surface area contributed by atoms with Crippen LogP contribution in [-0.2, 0) is 4.79 Å². The molecule has 0 radical (unpaired) electrons. The summed E-state index contributed by atoms with van der Waals surface area (Å²) in [6.07, 6.45) is 3.85. The highest BCUT2D eigenvalue weighted by Crippen LogP contribution is 2.27. The molecule has 0 atom stereocenters. The summed E-state index contributed by atoms with van der Waals surface area (Å²) in [6.45, 7) is 0.294. The molecule has 21 heavy (non-hydrogen) atoms. The molecule has 0 saturated carbocycles. The summed E-state index contributed by atoms with van der Waals surface area (Å²) in [7, 11) is 3.99. The van der Waals surface area contributed by atoms with Gasteiger partial charge in [0.15, 0.2) is 11.5 Å². The van der Waals surface area contributed by atoms with Crippen molar-refractivity contribution in [3.8, 4) is 11.5 Å². The molecule has 0 saturated heterocycles. The van der Waals surface area contributed by atoms with Crippen LogP contribution in [0.4, 0.5) is 5.69 Å². The van der Waals surface area contributed by atoms with E-state index in [-0.39, 0.29) is 11.5 Å². The van der Waals surface area contributed by atoms with E-state index >= 15 is 0 Å². The van der Waals surface area contributed by atoms with E-state index < -0.39 is 0 Å². The predicted octanol–water partition coefficient (Wildman–Crippen LogP) is 3.16. The Bertz CT molecular complexity index is 646. The van der Waals surface area contributed by atoms with Gasteiger partial charge in [-0.15, -0.1) is 0 Å². The van der Waals surface area contributed by atoms with E-state index in [1.807, 2.05) is 55.4 Å². The van der Waals surface area contributed by atoms with Crippen molar-refractivity contribution in [3.63, 3.8) is 0 Å². The first kappa shape index (κ1) is 14.7. The van der Waals surface area contributed by atoms with Crippen LogP contribution in [0.3, 0.4) is 0 Å². The first-order valence-electron chi connectivity index (χ1n) is 6.49. The SMILES string of the molecule is CN(C)c1ccc(/C=C/c2ccc(O)c(OC=O)c2)cc1. The maximum atomic E-state index is 10.3. The molecule has 0 heterocycles. The fraction of sp³-hybridized carbons (Fsp3) is 0.118. The minimum absolute atomic E-state index is 0.0606. The highest BCUT2D eigenvalue weighted by Gasteiger charge is 2.02. The largest absolute Gasteiger partial charge is 0.504 e. The maximum Gasteiger partial charge on any atom is 0.298 e. The average Bonchev–Trinajstić information content (AvgIpc) is 2.48. The Morgan fingerprint density at radius 1 is 1.00 bits per heavy atom. The quantitative estimate of drug-likeness (QED) is 0.676. The van der Waals surface area contributed by atoms with Gasteiger partial charge in [-0.05, 0) is 35.4 Å². The van der Waals surface area contributed by atoms with Crippen LogP contribution in [-0.4, -0.2) is 25.7 Å². The van der Waals surface area contributed by atoms with Gasteiger partial charge in [0.25, 0.3) is 6.47 Å². The number of carbonyl (C=O) groups excluding carboxylic acids is 1. The number of phenolic OH excluding ortho intramolecular Hbond substituents is 1. The van der Waals surface area contributed by atoms with E-state index in [0.29, 0.717) is 6.47 Å². The summed E-state index contributed by atoms with van der Waals surface area (Å²) < 4.78 is 4.70. The van der Waals surface area contributed by atoms with Gasteiger partial charge in [-0.3, -0.25) is 4.79 Å². The third-order valence-electron chi connectivity index (χ3n) is 3.04. The van der Waals surface area contributed by atoms with Crippen LogP contribution >= 0.6 is 0 Å². The fourth-order valence-electron chi connectivity index (χ4n) is 1.86. The normalized spacial score (nSPS) is 10.6. The zero-order chi connectivity index (χ0) is 15.2. The molecule has 2 rings (SSSR count). The topological polar surface area (TPSA) is 49.8 Å². The van der Waals surface area contributed by atoms with Crippen LogP contribution in [0.15, 0.2) is 42.5 Å². The Morgan fingerprint density at radius 2 is 1.62 bits per heavy atom. The molecule has 0 aromatic heterocycles. The molecule has 0 aliphatic heterocycles. The van der Waals surface area contributed by atoms with Gasteiger partial charge in [0.05, 0.1) is 0 Å². The maximum absolute atomic E-state index is 10.3. The predicted molar refractivity (Wildman–Crippen MR) is 84.5 cm³/mol. The average molecular weight is 283 g/mol. The van der Waals surface area contributed by atoms with Crippen molar-refractivity contribution in [3.05, 3.63) is 53.6 Å². The smallest absolute Gasteiger partial charge is 0.298 e. The van der Waals surface area contributed by atoms with E-state index in [1.54, 1.807) is 12.1 Å². The van der Waals surface area contributed by atoms with Crippen LogP contribution in [0.25, 0.3) is 12.2 Å². The summed E-state index contributed by atoms with van der Waals surface area (Å²) >= 11 is 0. The third-order valence-corrected chi connectivity index (χ3v) is 3.04. The number of anilines is 1. The van der Waals surface area contributed by atoms with Gasteiger partial charge >= 0.3 is 0 Å². The summed E-state index contributed by atoms with van der Waals surface area (Å²) in [5, 5.41) is 9.52. The Labute approximate surface area is 123 Å². The van der Waals surface area contributed by atoms with E-state index in [9.17, 15) is 9.90 Å². The Balaban J connectivity index is 2.17. The van der Waals surface area contributed by atoms with Crippen LogP contribution < -0.4 is 9.64 Å². The minimum atomic E-state index is -0.0606. The van der Waals surface area contributed by atoms with Crippen molar-refractivity contribution < 1.29 is 14.6 Å². The molecule has 4 heteroatoms. The number of phenols is 1. The molecule has 0 aliphatic rings. The minimum Gasteiger partial charge on any atom is -0.504 e. The Morgan fingerprint density at radius 3 is 2.24 bits per heavy atom. The van der Waals surface area contributed by atoms with Gasteiger partial charge in [-0.1, -0.05) is 30.4 Å². The molecule has 0 aliphatic carbocycles. The first-order valence-corrected chi connectivity index (χ1v) is 6.49. The van der Waals surface area contributed by atoms with E-state index in [1.165, 1.54) is 6.07 Å². The monoisotopic (exact) mass is 283 g/mol. The van der Waals surface area contributed by atoms with Crippen molar-refractivity contribution >= 4 is 24.3 Å². The van der Waals surface area contributed by atoms with Gasteiger partial charge in [-0.2, -0.15) is 0 Å². The second-order valence-corrected chi connectivity index (χ2v) is 4.76. The molecule has 108 valence electrons. The fourth-order valence-corrected chi connectivity index (χ4v) is 1.86. The number of hydrogen-bond donors (Lipinski definition) is 1. The molecule has 0 unspecified atom stereocenters. The molecule has 4 nitrogen and oxygen atoms in total. The molecule has 2 aromatic carbocycles. The van der Waals surface area contributed by atoms with Gasteiger partial charge in [-0.25, -0.2) is 0 Å². The lowest BCUT2D eigenvalue weighted by Gasteiger charge is -2.11. The van der Waals surface area contributed by atoms with E-state index in [4.69, 9.17) is 4.74 Å². The van der Waals surface area contributed by atoms with Gasteiger partial charge in [0.1, 0.15) is 0 Å². The molecule has 1 N–H and O–H groups in total. The zero-order valence-corrected chi connectivity index (χ0v) is 12.0. The van der Waals surface area contributed by atoms with Crippen molar-refractivity contribution in [2.75, 3.05) is 19.0 Å².